The van der Waals surface area contributed by atoms with Gasteiger partial charge in [-0.1, -0.05) is 6.07 Å². The van der Waals surface area contributed by atoms with Crippen molar-refractivity contribution in [2.75, 3.05) is 12.4 Å². The standard InChI is InChI=1S/C17H19N5O2/c1-9-7-13(24-4)6-5-12(9)8-14(23)18-16-15-10(2)11(3)19-21-17(15)22-20-16/h5-7H,8H2,1-4H3,(H2,18,20,21,22,23). The molecule has 0 aliphatic heterocycles. The van der Waals surface area contributed by atoms with Crippen LogP contribution < -0.4 is 10.1 Å². The topological polar surface area (TPSA) is 92.8 Å². The van der Waals surface area contributed by atoms with Crippen molar-refractivity contribution < 1.29 is 9.53 Å². The van der Waals surface area contributed by atoms with Crippen molar-refractivity contribution in [3.8, 4) is 5.75 Å². The van der Waals surface area contributed by atoms with Crippen molar-refractivity contribution in [3.63, 3.8) is 0 Å². The van der Waals surface area contributed by atoms with Crippen LogP contribution in [0.4, 0.5) is 5.82 Å². The molecule has 0 fully saturated rings. The summed E-state index contributed by atoms with van der Waals surface area (Å²) in [5, 5.41) is 18.7. The largest absolute Gasteiger partial charge is 0.497 e. The molecule has 0 saturated heterocycles. The Labute approximate surface area is 139 Å². The summed E-state index contributed by atoms with van der Waals surface area (Å²) >= 11 is 0. The molecule has 2 aromatic heterocycles. The molecule has 0 radical (unpaired) electrons. The number of anilines is 1. The summed E-state index contributed by atoms with van der Waals surface area (Å²) in [4.78, 5) is 12.4. The highest BCUT2D eigenvalue weighted by Gasteiger charge is 2.15. The Morgan fingerprint density at radius 1 is 1.25 bits per heavy atom. The first kappa shape index (κ1) is 15.9. The maximum atomic E-state index is 12.4. The Morgan fingerprint density at radius 2 is 2.04 bits per heavy atom. The Balaban J connectivity index is 1.82. The molecule has 3 aromatic rings. The number of aryl methyl sites for hydroxylation is 3. The third-order valence-electron chi connectivity index (χ3n) is 4.12. The van der Waals surface area contributed by atoms with Gasteiger partial charge in [0, 0.05) is 0 Å². The number of hydrogen-bond acceptors (Lipinski definition) is 5. The number of rotatable bonds is 4. The van der Waals surface area contributed by atoms with Gasteiger partial charge in [0.25, 0.3) is 0 Å². The number of amides is 1. The number of H-pyrrole nitrogens is 1. The van der Waals surface area contributed by atoms with Crippen molar-refractivity contribution in [1.29, 1.82) is 0 Å². The zero-order valence-electron chi connectivity index (χ0n) is 14.1. The highest BCUT2D eigenvalue weighted by molar-refractivity contribution is 6.00. The predicted octanol–water partition coefficient (Wildman–Crippen LogP) is 2.47. The smallest absolute Gasteiger partial charge is 0.230 e. The van der Waals surface area contributed by atoms with Gasteiger partial charge in [-0.25, -0.2) is 0 Å². The molecule has 1 amide bonds. The lowest BCUT2D eigenvalue weighted by Crippen LogP contribution is -2.15. The van der Waals surface area contributed by atoms with E-state index in [2.05, 4.69) is 25.7 Å². The Hall–Kier alpha value is -2.96. The molecule has 0 saturated carbocycles. The summed E-state index contributed by atoms with van der Waals surface area (Å²) in [5.74, 6) is 1.13. The molecule has 0 bridgehead atoms. The second kappa shape index (κ2) is 6.27. The van der Waals surface area contributed by atoms with Crippen molar-refractivity contribution >= 4 is 22.8 Å². The van der Waals surface area contributed by atoms with Crippen LogP contribution in [0.1, 0.15) is 22.4 Å². The van der Waals surface area contributed by atoms with Gasteiger partial charge in [-0.15, -0.1) is 5.10 Å². The minimum atomic E-state index is -0.134. The van der Waals surface area contributed by atoms with Gasteiger partial charge in [0.1, 0.15) is 5.75 Å². The second-order valence-corrected chi connectivity index (χ2v) is 5.72. The van der Waals surface area contributed by atoms with Gasteiger partial charge < -0.3 is 10.1 Å². The van der Waals surface area contributed by atoms with Crippen LogP contribution in [0.25, 0.3) is 11.0 Å². The van der Waals surface area contributed by atoms with Crippen LogP contribution in [-0.2, 0) is 11.2 Å². The van der Waals surface area contributed by atoms with Crippen molar-refractivity contribution in [2.24, 2.45) is 0 Å². The first-order valence-electron chi connectivity index (χ1n) is 7.61. The van der Waals surface area contributed by atoms with E-state index in [4.69, 9.17) is 4.74 Å². The maximum Gasteiger partial charge on any atom is 0.230 e. The van der Waals surface area contributed by atoms with Crippen LogP contribution in [0.5, 0.6) is 5.75 Å². The fourth-order valence-corrected chi connectivity index (χ4v) is 2.57. The first-order chi connectivity index (χ1) is 11.5. The van der Waals surface area contributed by atoms with E-state index in [9.17, 15) is 4.79 Å². The number of ether oxygens (including phenoxy) is 1. The summed E-state index contributed by atoms with van der Waals surface area (Å²) in [6.07, 6.45) is 0.265. The fraction of sp³-hybridized carbons (Fsp3) is 0.294. The van der Waals surface area contributed by atoms with Gasteiger partial charge in [0.15, 0.2) is 11.5 Å². The molecule has 0 atom stereocenters. The van der Waals surface area contributed by atoms with Crippen LogP contribution in [0.2, 0.25) is 0 Å². The number of carbonyl (C=O) groups is 1. The number of carbonyl (C=O) groups excluding carboxylic acids is 1. The van der Waals surface area contributed by atoms with E-state index in [1.807, 2.05) is 39.0 Å². The first-order valence-corrected chi connectivity index (χ1v) is 7.61. The van der Waals surface area contributed by atoms with Crippen LogP contribution in [0, 0.1) is 20.8 Å². The lowest BCUT2D eigenvalue weighted by atomic mass is 10.0. The minimum absolute atomic E-state index is 0.134. The third-order valence-corrected chi connectivity index (χ3v) is 4.12. The molecule has 24 heavy (non-hydrogen) atoms. The molecule has 0 aliphatic rings. The predicted molar refractivity (Wildman–Crippen MR) is 91.2 cm³/mol. The van der Waals surface area contributed by atoms with E-state index in [1.54, 1.807) is 7.11 Å². The number of nitrogens with one attached hydrogen (secondary N) is 2. The number of fused-ring (bicyclic) bond motifs is 1. The van der Waals surface area contributed by atoms with E-state index in [-0.39, 0.29) is 12.3 Å². The molecule has 2 N–H and O–H groups in total. The summed E-state index contributed by atoms with van der Waals surface area (Å²) in [6.45, 7) is 5.77. The summed E-state index contributed by atoms with van der Waals surface area (Å²) < 4.78 is 5.19. The monoisotopic (exact) mass is 325 g/mol. The van der Waals surface area contributed by atoms with Crippen molar-refractivity contribution in [1.82, 2.24) is 20.4 Å². The molecule has 1 aromatic carbocycles. The number of aromatic nitrogens is 4. The number of benzene rings is 1. The van der Waals surface area contributed by atoms with Crippen LogP contribution in [-0.4, -0.2) is 33.4 Å². The normalized spacial score (nSPS) is 10.8. The summed E-state index contributed by atoms with van der Waals surface area (Å²) in [6, 6.07) is 5.66. The summed E-state index contributed by atoms with van der Waals surface area (Å²) in [7, 11) is 1.62. The Bertz CT molecular complexity index is 917. The van der Waals surface area contributed by atoms with E-state index in [0.717, 1.165) is 33.5 Å². The second-order valence-electron chi connectivity index (χ2n) is 5.72. The average molecular weight is 325 g/mol. The molecule has 0 aliphatic carbocycles. The molecular weight excluding hydrogens is 306 g/mol. The summed E-state index contributed by atoms with van der Waals surface area (Å²) in [5.41, 5.74) is 4.28. The maximum absolute atomic E-state index is 12.4. The van der Waals surface area contributed by atoms with Crippen LogP contribution in [0.15, 0.2) is 18.2 Å². The van der Waals surface area contributed by atoms with E-state index in [1.165, 1.54) is 0 Å². The highest BCUT2D eigenvalue weighted by Crippen LogP contribution is 2.24. The number of methoxy groups -OCH3 is 1. The van der Waals surface area contributed by atoms with Gasteiger partial charge >= 0.3 is 0 Å². The number of hydrogen-bond donors (Lipinski definition) is 2. The van der Waals surface area contributed by atoms with E-state index in [0.29, 0.717) is 11.5 Å². The number of nitrogens with zero attached hydrogens (tertiary/aromatic N) is 3. The van der Waals surface area contributed by atoms with Crippen molar-refractivity contribution in [3.05, 3.63) is 40.6 Å². The Morgan fingerprint density at radius 3 is 2.75 bits per heavy atom. The van der Waals surface area contributed by atoms with Crippen LogP contribution in [0.3, 0.4) is 0 Å². The number of aromatic amines is 1. The molecular formula is C17H19N5O2. The fourth-order valence-electron chi connectivity index (χ4n) is 2.57. The molecule has 124 valence electrons. The quantitative estimate of drug-likeness (QED) is 0.768. The van der Waals surface area contributed by atoms with Crippen LogP contribution >= 0.6 is 0 Å². The van der Waals surface area contributed by atoms with Gasteiger partial charge in [-0.05, 0) is 49.6 Å². The van der Waals surface area contributed by atoms with Gasteiger partial charge in [-0.3, -0.25) is 9.89 Å². The lowest BCUT2D eigenvalue weighted by molar-refractivity contribution is -0.115. The van der Waals surface area contributed by atoms with E-state index >= 15 is 0 Å². The van der Waals surface area contributed by atoms with Gasteiger partial charge in [-0.2, -0.15) is 10.2 Å². The molecule has 2 heterocycles. The molecule has 0 unspecified atom stereocenters. The zero-order valence-corrected chi connectivity index (χ0v) is 14.1. The Kier molecular flexibility index (Phi) is 4.16. The van der Waals surface area contributed by atoms with Gasteiger partial charge in [0.2, 0.25) is 5.91 Å². The van der Waals surface area contributed by atoms with Gasteiger partial charge in [0.05, 0.1) is 24.6 Å². The lowest BCUT2D eigenvalue weighted by Gasteiger charge is -2.08. The zero-order chi connectivity index (χ0) is 17.3. The SMILES string of the molecule is COc1ccc(CC(=O)Nc2n[nH]c3nnc(C)c(C)c23)c(C)c1. The molecule has 0 spiro atoms. The molecule has 7 nitrogen and oxygen atoms in total. The molecule has 7 heteroatoms. The third kappa shape index (κ3) is 2.92. The molecule has 3 rings (SSSR count). The van der Waals surface area contributed by atoms with E-state index < -0.39 is 0 Å². The minimum Gasteiger partial charge on any atom is -0.497 e. The highest BCUT2D eigenvalue weighted by atomic mass is 16.5. The average Bonchev–Trinajstić information content (AvgIpc) is 2.96. The van der Waals surface area contributed by atoms with Crippen molar-refractivity contribution in [2.45, 2.75) is 27.2 Å².